The summed E-state index contributed by atoms with van der Waals surface area (Å²) in [5.74, 6) is 0.0711. The monoisotopic (exact) mass is 209 g/mol. The first kappa shape index (κ1) is 11.5. The smallest absolute Gasteiger partial charge is 0.373 e. The number of rotatable bonds is 5. The lowest BCUT2D eigenvalue weighted by atomic mass is 10.2. The zero-order valence-corrected chi connectivity index (χ0v) is 8.56. The van der Waals surface area contributed by atoms with Crippen molar-refractivity contribution in [2.75, 3.05) is 13.2 Å². The molecule has 0 saturated carbocycles. The highest BCUT2D eigenvalue weighted by molar-refractivity contribution is 5.89. The highest BCUT2D eigenvalue weighted by Crippen LogP contribution is 2.14. The molecule has 1 radical (unpaired) electrons. The van der Waals surface area contributed by atoms with Crippen molar-refractivity contribution in [3.63, 3.8) is 0 Å². The predicted molar refractivity (Wildman–Crippen MR) is 54.3 cm³/mol. The summed E-state index contributed by atoms with van der Waals surface area (Å²) >= 11 is 0. The van der Waals surface area contributed by atoms with Crippen LogP contribution in [-0.4, -0.2) is 19.2 Å². The molecule has 0 unspecified atom stereocenters. The molecule has 1 rings (SSSR count). The molecule has 1 aromatic rings. The second-order valence-electron chi connectivity index (χ2n) is 2.65. The largest absolute Gasteiger partial charge is 0.494 e. The van der Waals surface area contributed by atoms with Crippen molar-refractivity contribution >= 4 is 5.97 Å². The second-order valence-corrected chi connectivity index (χ2v) is 2.65. The van der Waals surface area contributed by atoms with Gasteiger partial charge in [-0.15, -0.1) is 0 Å². The summed E-state index contributed by atoms with van der Waals surface area (Å²) in [6, 6.07) is 6.70. The lowest BCUT2D eigenvalue weighted by Gasteiger charge is -2.05. The zero-order valence-electron chi connectivity index (χ0n) is 8.56. The van der Waals surface area contributed by atoms with Crippen molar-refractivity contribution in [3.05, 3.63) is 36.8 Å². The van der Waals surface area contributed by atoms with Gasteiger partial charge in [0.1, 0.15) is 5.75 Å². The summed E-state index contributed by atoms with van der Waals surface area (Å²) in [5, 5.41) is 0. The lowest BCUT2D eigenvalue weighted by Crippen LogP contribution is -2.06. The highest BCUT2D eigenvalue weighted by Gasteiger charge is 2.08. The van der Waals surface area contributed by atoms with Crippen LogP contribution >= 0.6 is 0 Å². The normalized spacial score (nSPS) is 9.73. The minimum atomic E-state index is -0.555. The SMILES string of the molecule is [CH2]COOC(=O)c1cccc(OCC)c1. The molecular formula is C11H13O4. The zero-order chi connectivity index (χ0) is 11.1. The molecule has 0 fully saturated rings. The summed E-state index contributed by atoms with van der Waals surface area (Å²) in [7, 11) is 0. The van der Waals surface area contributed by atoms with E-state index in [2.05, 4.69) is 16.7 Å². The maximum Gasteiger partial charge on any atom is 0.373 e. The van der Waals surface area contributed by atoms with Crippen LogP contribution in [0.4, 0.5) is 0 Å². The Labute approximate surface area is 88.7 Å². The third-order valence-electron chi connectivity index (χ3n) is 1.60. The van der Waals surface area contributed by atoms with E-state index in [1.165, 1.54) is 0 Å². The average Bonchev–Trinajstić information content (AvgIpc) is 2.27. The first-order chi connectivity index (χ1) is 7.27. The van der Waals surface area contributed by atoms with E-state index in [9.17, 15) is 4.79 Å². The highest BCUT2D eigenvalue weighted by atomic mass is 17.2. The first-order valence-corrected chi connectivity index (χ1v) is 4.63. The summed E-state index contributed by atoms with van der Waals surface area (Å²) in [5.41, 5.74) is 0.384. The van der Waals surface area contributed by atoms with Gasteiger partial charge in [0.2, 0.25) is 0 Å². The Kier molecular flexibility index (Phi) is 4.63. The topological polar surface area (TPSA) is 44.8 Å². The third-order valence-corrected chi connectivity index (χ3v) is 1.60. The van der Waals surface area contributed by atoms with Crippen molar-refractivity contribution in [2.24, 2.45) is 0 Å². The molecule has 1 aromatic carbocycles. The number of hydrogen-bond acceptors (Lipinski definition) is 4. The van der Waals surface area contributed by atoms with Gasteiger partial charge in [0.25, 0.3) is 0 Å². The molecule has 0 bridgehead atoms. The van der Waals surface area contributed by atoms with E-state index < -0.39 is 5.97 Å². The fourth-order valence-electron chi connectivity index (χ4n) is 1.02. The molecule has 0 atom stereocenters. The Morgan fingerprint density at radius 2 is 2.27 bits per heavy atom. The van der Waals surface area contributed by atoms with Crippen molar-refractivity contribution < 1.29 is 19.3 Å². The Morgan fingerprint density at radius 1 is 1.47 bits per heavy atom. The molecule has 15 heavy (non-hydrogen) atoms. The van der Waals surface area contributed by atoms with E-state index in [-0.39, 0.29) is 6.61 Å². The summed E-state index contributed by atoms with van der Waals surface area (Å²) in [6.45, 7) is 5.88. The predicted octanol–water partition coefficient (Wildman–Crippen LogP) is 2.01. The van der Waals surface area contributed by atoms with Crippen molar-refractivity contribution in [2.45, 2.75) is 6.92 Å². The fraction of sp³-hybridized carbons (Fsp3) is 0.273. The molecule has 0 amide bonds. The van der Waals surface area contributed by atoms with Crippen LogP contribution in [0.1, 0.15) is 17.3 Å². The molecular weight excluding hydrogens is 196 g/mol. The molecule has 0 aliphatic carbocycles. The van der Waals surface area contributed by atoms with Gasteiger partial charge in [-0.3, -0.25) is 4.89 Å². The average molecular weight is 209 g/mol. The maximum atomic E-state index is 11.3. The summed E-state index contributed by atoms with van der Waals surface area (Å²) < 4.78 is 5.24. The molecule has 0 aromatic heterocycles. The van der Waals surface area contributed by atoms with Crippen LogP contribution in [0.15, 0.2) is 24.3 Å². The van der Waals surface area contributed by atoms with Gasteiger partial charge in [-0.2, -0.15) is 4.89 Å². The Morgan fingerprint density at radius 3 is 2.93 bits per heavy atom. The standard InChI is InChI=1S/C11H13O4/c1-3-13-10-7-5-6-9(8-10)11(12)15-14-4-2/h5-8H,2-4H2,1H3. The van der Waals surface area contributed by atoms with Crippen molar-refractivity contribution in [1.82, 2.24) is 0 Å². The fourth-order valence-corrected chi connectivity index (χ4v) is 1.02. The second kappa shape index (κ2) is 6.03. The van der Waals surface area contributed by atoms with E-state index in [0.29, 0.717) is 17.9 Å². The van der Waals surface area contributed by atoms with Gasteiger partial charge < -0.3 is 4.74 Å². The quantitative estimate of drug-likeness (QED) is 0.549. The van der Waals surface area contributed by atoms with Crippen LogP contribution in [0.3, 0.4) is 0 Å². The molecule has 0 aliphatic heterocycles. The van der Waals surface area contributed by atoms with Crippen LogP contribution in [-0.2, 0) is 9.78 Å². The van der Waals surface area contributed by atoms with Gasteiger partial charge in [-0.05, 0) is 32.0 Å². The lowest BCUT2D eigenvalue weighted by molar-refractivity contribution is -0.232. The van der Waals surface area contributed by atoms with Crippen molar-refractivity contribution in [3.8, 4) is 5.75 Å². The minimum Gasteiger partial charge on any atom is -0.494 e. The maximum absolute atomic E-state index is 11.3. The molecule has 0 N–H and O–H groups in total. The van der Waals surface area contributed by atoms with Crippen LogP contribution in [0, 0.1) is 6.92 Å². The minimum absolute atomic E-state index is 0.0802. The van der Waals surface area contributed by atoms with Gasteiger partial charge in [-0.1, -0.05) is 6.07 Å². The van der Waals surface area contributed by atoms with E-state index in [0.717, 1.165) is 0 Å². The number of hydrogen-bond donors (Lipinski definition) is 0. The van der Waals surface area contributed by atoms with Gasteiger partial charge in [0, 0.05) is 0 Å². The molecule has 0 heterocycles. The Hall–Kier alpha value is -1.55. The van der Waals surface area contributed by atoms with Crippen LogP contribution in [0.2, 0.25) is 0 Å². The van der Waals surface area contributed by atoms with Crippen molar-refractivity contribution in [1.29, 1.82) is 0 Å². The third kappa shape index (κ3) is 3.59. The van der Waals surface area contributed by atoms with E-state index in [4.69, 9.17) is 4.74 Å². The van der Waals surface area contributed by atoms with E-state index >= 15 is 0 Å². The molecule has 4 heteroatoms. The number of benzene rings is 1. The van der Waals surface area contributed by atoms with Gasteiger partial charge >= 0.3 is 5.97 Å². The Bertz CT molecular complexity index is 322. The first-order valence-electron chi connectivity index (χ1n) is 4.63. The van der Waals surface area contributed by atoms with Gasteiger partial charge in [0.05, 0.1) is 18.8 Å². The van der Waals surface area contributed by atoms with Gasteiger partial charge in [0.15, 0.2) is 0 Å². The summed E-state index contributed by atoms with van der Waals surface area (Å²) in [6.07, 6.45) is 0. The van der Waals surface area contributed by atoms with Crippen LogP contribution in [0.25, 0.3) is 0 Å². The Balaban J connectivity index is 2.67. The number of ether oxygens (including phenoxy) is 1. The summed E-state index contributed by atoms with van der Waals surface area (Å²) in [4.78, 5) is 20.2. The molecule has 81 valence electrons. The van der Waals surface area contributed by atoms with Gasteiger partial charge in [-0.25, -0.2) is 4.79 Å². The van der Waals surface area contributed by atoms with Crippen LogP contribution < -0.4 is 4.74 Å². The number of carbonyl (C=O) groups excluding carboxylic acids is 1. The van der Waals surface area contributed by atoms with E-state index in [1.54, 1.807) is 24.3 Å². The molecule has 0 aliphatic rings. The number of carbonyl (C=O) groups is 1. The van der Waals surface area contributed by atoms with E-state index in [1.807, 2.05) is 6.92 Å². The molecule has 0 saturated heterocycles. The molecule has 0 spiro atoms. The molecule has 4 nitrogen and oxygen atoms in total. The van der Waals surface area contributed by atoms with Crippen LogP contribution in [0.5, 0.6) is 5.75 Å².